The standard InChI is InChI=1S/C14H12ClF2NO/c15-10-2-1-3-13(14(10)17)19-12-5-4-9(6-7-18)8-11(12)16/h1-5,8H,6-7,18H2. The summed E-state index contributed by atoms with van der Waals surface area (Å²) in [5.74, 6) is -1.44. The maximum Gasteiger partial charge on any atom is 0.184 e. The quantitative estimate of drug-likeness (QED) is 0.923. The van der Waals surface area contributed by atoms with Crippen molar-refractivity contribution in [3.63, 3.8) is 0 Å². The summed E-state index contributed by atoms with van der Waals surface area (Å²) in [5, 5.41) is -0.0716. The number of ether oxygens (including phenoxy) is 1. The predicted octanol–water partition coefficient (Wildman–Crippen LogP) is 3.91. The largest absolute Gasteiger partial charge is 0.451 e. The number of hydrogen-bond acceptors (Lipinski definition) is 2. The number of nitrogens with two attached hydrogens (primary N) is 1. The molecule has 2 N–H and O–H groups in total. The SMILES string of the molecule is NCCc1ccc(Oc2cccc(Cl)c2F)c(F)c1. The summed E-state index contributed by atoms with van der Waals surface area (Å²) >= 11 is 5.62. The van der Waals surface area contributed by atoms with E-state index >= 15 is 0 Å². The highest BCUT2D eigenvalue weighted by Crippen LogP contribution is 2.30. The average molecular weight is 284 g/mol. The van der Waals surface area contributed by atoms with Crippen molar-refractivity contribution in [1.82, 2.24) is 0 Å². The lowest BCUT2D eigenvalue weighted by Gasteiger charge is -2.09. The van der Waals surface area contributed by atoms with Gasteiger partial charge in [0.25, 0.3) is 0 Å². The van der Waals surface area contributed by atoms with Gasteiger partial charge < -0.3 is 10.5 Å². The van der Waals surface area contributed by atoms with Crippen LogP contribution in [0.5, 0.6) is 11.5 Å². The van der Waals surface area contributed by atoms with Crippen molar-refractivity contribution in [3.8, 4) is 11.5 Å². The van der Waals surface area contributed by atoms with Crippen molar-refractivity contribution in [1.29, 1.82) is 0 Å². The van der Waals surface area contributed by atoms with E-state index in [1.54, 1.807) is 6.07 Å². The Morgan fingerprint density at radius 2 is 1.89 bits per heavy atom. The number of halogens is 3. The molecule has 100 valence electrons. The Balaban J connectivity index is 2.26. The van der Waals surface area contributed by atoms with Crippen molar-refractivity contribution in [2.24, 2.45) is 5.73 Å². The molecule has 5 heteroatoms. The second-order valence-corrected chi connectivity index (χ2v) is 4.36. The molecule has 2 rings (SSSR count). The summed E-state index contributed by atoms with van der Waals surface area (Å²) in [7, 11) is 0. The van der Waals surface area contributed by atoms with Gasteiger partial charge in [0.15, 0.2) is 23.1 Å². The van der Waals surface area contributed by atoms with Gasteiger partial charge in [-0.05, 0) is 42.8 Å². The Morgan fingerprint density at radius 3 is 2.58 bits per heavy atom. The van der Waals surface area contributed by atoms with Gasteiger partial charge in [-0.1, -0.05) is 23.7 Å². The second-order valence-electron chi connectivity index (χ2n) is 3.96. The van der Waals surface area contributed by atoms with Crippen LogP contribution in [0.25, 0.3) is 0 Å². The van der Waals surface area contributed by atoms with Gasteiger partial charge >= 0.3 is 0 Å². The molecule has 0 aliphatic rings. The molecule has 0 radical (unpaired) electrons. The molecule has 19 heavy (non-hydrogen) atoms. The maximum absolute atomic E-state index is 13.8. The normalized spacial score (nSPS) is 10.5. The van der Waals surface area contributed by atoms with Gasteiger partial charge in [0.1, 0.15) is 0 Å². The van der Waals surface area contributed by atoms with Crippen LogP contribution >= 0.6 is 11.6 Å². The summed E-state index contributed by atoms with van der Waals surface area (Å²) in [6.45, 7) is 0.433. The van der Waals surface area contributed by atoms with E-state index in [1.807, 2.05) is 0 Å². The molecule has 0 unspecified atom stereocenters. The topological polar surface area (TPSA) is 35.2 Å². The molecule has 0 fully saturated rings. The van der Waals surface area contributed by atoms with Gasteiger partial charge in [-0.3, -0.25) is 0 Å². The van der Waals surface area contributed by atoms with Crippen LogP contribution in [0.3, 0.4) is 0 Å². The van der Waals surface area contributed by atoms with Gasteiger partial charge in [-0.25, -0.2) is 8.78 Å². The highest BCUT2D eigenvalue weighted by molar-refractivity contribution is 6.30. The van der Waals surface area contributed by atoms with Crippen LogP contribution in [0, 0.1) is 11.6 Å². The van der Waals surface area contributed by atoms with Gasteiger partial charge in [0, 0.05) is 0 Å². The van der Waals surface area contributed by atoms with Crippen LogP contribution in [0.2, 0.25) is 5.02 Å². The van der Waals surface area contributed by atoms with Gasteiger partial charge in [-0.2, -0.15) is 0 Å². The third kappa shape index (κ3) is 3.22. The minimum Gasteiger partial charge on any atom is -0.451 e. The molecule has 0 atom stereocenters. The highest BCUT2D eigenvalue weighted by atomic mass is 35.5. The fourth-order valence-electron chi connectivity index (χ4n) is 1.63. The summed E-state index contributed by atoms with van der Waals surface area (Å²) < 4.78 is 32.6. The fourth-order valence-corrected chi connectivity index (χ4v) is 1.80. The first kappa shape index (κ1) is 13.8. The van der Waals surface area contributed by atoms with Crippen LogP contribution in [-0.4, -0.2) is 6.54 Å². The van der Waals surface area contributed by atoms with Crippen molar-refractivity contribution >= 4 is 11.6 Å². The Labute approximate surface area is 114 Å². The molecule has 0 saturated carbocycles. The van der Waals surface area contributed by atoms with Gasteiger partial charge in [0.05, 0.1) is 5.02 Å². The van der Waals surface area contributed by atoms with Crippen molar-refractivity contribution in [3.05, 3.63) is 58.6 Å². The fraction of sp³-hybridized carbons (Fsp3) is 0.143. The molecular formula is C14H12ClF2NO. The molecule has 2 aromatic carbocycles. The summed E-state index contributed by atoms with van der Waals surface area (Å²) in [6.07, 6.45) is 0.572. The molecule has 0 aliphatic heterocycles. The minimum absolute atomic E-state index is 0.0538. The van der Waals surface area contributed by atoms with Crippen molar-refractivity contribution < 1.29 is 13.5 Å². The molecule has 0 aromatic heterocycles. The molecule has 0 aliphatic carbocycles. The highest BCUT2D eigenvalue weighted by Gasteiger charge is 2.11. The van der Waals surface area contributed by atoms with Crippen LogP contribution in [-0.2, 0) is 6.42 Å². The first-order valence-electron chi connectivity index (χ1n) is 5.72. The molecule has 2 nitrogen and oxygen atoms in total. The van der Waals surface area contributed by atoms with E-state index in [4.69, 9.17) is 22.1 Å². The van der Waals surface area contributed by atoms with E-state index in [0.29, 0.717) is 13.0 Å². The first-order chi connectivity index (χ1) is 9.11. The van der Waals surface area contributed by atoms with Crippen LogP contribution in [0.1, 0.15) is 5.56 Å². The zero-order valence-electron chi connectivity index (χ0n) is 10.00. The van der Waals surface area contributed by atoms with E-state index in [-0.39, 0.29) is 16.5 Å². The lowest BCUT2D eigenvalue weighted by Crippen LogP contribution is -2.03. The lowest BCUT2D eigenvalue weighted by molar-refractivity contribution is 0.414. The number of hydrogen-bond donors (Lipinski definition) is 1. The first-order valence-corrected chi connectivity index (χ1v) is 6.10. The second kappa shape index (κ2) is 5.99. The van der Waals surface area contributed by atoms with Gasteiger partial charge in [-0.15, -0.1) is 0 Å². The van der Waals surface area contributed by atoms with Crippen molar-refractivity contribution in [2.75, 3.05) is 6.54 Å². The van der Waals surface area contributed by atoms with Gasteiger partial charge in [0.2, 0.25) is 0 Å². The predicted molar refractivity (Wildman–Crippen MR) is 70.6 cm³/mol. The molecule has 0 amide bonds. The Morgan fingerprint density at radius 1 is 1.11 bits per heavy atom. The zero-order valence-corrected chi connectivity index (χ0v) is 10.8. The van der Waals surface area contributed by atoms with E-state index in [2.05, 4.69) is 0 Å². The molecule has 2 aromatic rings. The van der Waals surface area contributed by atoms with Crippen LogP contribution < -0.4 is 10.5 Å². The van der Waals surface area contributed by atoms with E-state index < -0.39 is 11.6 Å². The van der Waals surface area contributed by atoms with Crippen LogP contribution in [0.4, 0.5) is 8.78 Å². The molecule has 0 spiro atoms. The zero-order chi connectivity index (χ0) is 13.8. The summed E-state index contributed by atoms with van der Waals surface area (Å²) in [6, 6.07) is 8.76. The molecule has 0 heterocycles. The lowest BCUT2D eigenvalue weighted by atomic mass is 10.1. The molecule has 0 saturated heterocycles. The summed E-state index contributed by atoms with van der Waals surface area (Å²) in [4.78, 5) is 0. The maximum atomic E-state index is 13.8. The monoisotopic (exact) mass is 283 g/mol. The van der Waals surface area contributed by atoms with E-state index in [0.717, 1.165) is 5.56 Å². The van der Waals surface area contributed by atoms with E-state index in [1.165, 1.54) is 30.3 Å². The number of rotatable bonds is 4. The molecule has 0 bridgehead atoms. The third-order valence-electron chi connectivity index (χ3n) is 2.57. The Hall–Kier alpha value is -1.65. The minimum atomic E-state index is -0.713. The smallest absolute Gasteiger partial charge is 0.184 e. The Bertz CT molecular complexity index is 590. The van der Waals surface area contributed by atoms with E-state index in [9.17, 15) is 8.78 Å². The third-order valence-corrected chi connectivity index (χ3v) is 2.86. The van der Waals surface area contributed by atoms with Crippen LogP contribution in [0.15, 0.2) is 36.4 Å². The number of benzene rings is 2. The average Bonchev–Trinajstić information content (AvgIpc) is 2.38. The summed E-state index contributed by atoms with van der Waals surface area (Å²) in [5.41, 5.74) is 6.15. The Kier molecular flexibility index (Phi) is 4.35. The van der Waals surface area contributed by atoms with Crippen molar-refractivity contribution in [2.45, 2.75) is 6.42 Å². The molecular weight excluding hydrogens is 272 g/mol.